The Morgan fingerprint density at radius 3 is 2.83 bits per heavy atom. The third kappa shape index (κ3) is 5.09. The molecule has 182 valence electrons. The van der Waals surface area contributed by atoms with Crippen LogP contribution in [0.4, 0.5) is 11.4 Å². The quantitative estimate of drug-likeness (QED) is 0.331. The molecule has 0 atom stereocenters. The molecule has 2 N–H and O–H groups in total. The van der Waals surface area contributed by atoms with Crippen molar-refractivity contribution < 1.29 is 4.74 Å². The zero-order chi connectivity index (χ0) is 24.9. The number of anilines is 2. The number of nitriles is 1. The number of nitrogens with zero attached hydrogens (tertiary/aromatic N) is 4. The summed E-state index contributed by atoms with van der Waals surface area (Å²) in [5, 5.41) is 14.5. The molecule has 1 aromatic carbocycles. The van der Waals surface area contributed by atoms with Crippen LogP contribution in [0.25, 0.3) is 23.1 Å². The lowest BCUT2D eigenvalue weighted by Gasteiger charge is -2.16. The molecule has 0 saturated carbocycles. The minimum Gasteiger partial charge on any atom is -0.491 e. The summed E-state index contributed by atoms with van der Waals surface area (Å²) in [5.41, 5.74) is 7.00. The monoisotopic (exact) mass is 478 g/mol. The molecule has 0 radical (unpaired) electrons. The Morgan fingerprint density at radius 2 is 2.00 bits per heavy atom. The van der Waals surface area contributed by atoms with E-state index in [1.807, 2.05) is 43.5 Å². The average molecular weight is 479 g/mol. The summed E-state index contributed by atoms with van der Waals surface area (Å²) in [6.45, 7) is 7.94. The number of ether oxygens (including phenoxy) is 1. The summed E-state index contributed by atoms with van der Waals surface area (Å²) < 4.78 is 5.96. The number of aromatic amines is 1. The van der Waals surface area contributed by atoms with E-state index in [9.17, 15) is 5.26 Å². The summed E-state index contributed by atoms with van der Waals surface area (Å²) in [5.74, 6) is 0.755. The molecule has 0 unspecified atom stereocenters. The van der Waals surface area contributed by atoms with Crippen LogP contribution in [0.2, 0.25) is 0 Å². The van der Waals surface area contributed by atoms with Crippen molar-refractivity contribution in [2.75, 3.05) is 31.6 Å². The van der Waals surface area contributed by atoms with Crippen molar-refractivity contribution in [2.45, 2.75) is 26.7 Å². The number of nitrogens with one attached hydrogen (secondary N) is 2. The highest BCUT2D eigenvalue weighted by Crippen LogP contribution is 2.32. The lowest BCUT2D eigenvalue weighted by Crippen LogP contribution is -2.25. The second-order valence-corrected chi connectivity index (χ2v) is 9.14. The summed E-state index contributed by atoms with van der Waals surface area (Å²) in [4.78, 5) is 14.5. The zero-order valence-corrected chi connectivity index (χ0v) is 20.7. The fourth-order valence-electron chi connectivity index (χ4n) is 4.68. The molecular weight excluding hydrogens is 448 g/mol. The lowest BCUT2D eigenvalue weighted by molar-refractivity contribution is 0.237. The summed E-state index contributed by atoms with van der Waals surface area (Å²) in [7, 11) is 0. The fraction of sp³-hybridized carbons (Fsp3) is 0.276. The Labute approximate surface area is 211 Å². The molecule has 1 aliphatic rings. The van der Waals surface area contributed by atoms with Gasteiger partial charge in [0.05, 0.1) is 17.4 Å². The lowest BCUT2D eigenvalue weighted by atomic mass is 10.0. The van der Waals surface area contributed by atoms with Gasteiger partial charge in [-0.25, -0.2) is 0 Å². The summed E-state index contributed by atoms with van der Waals surface area (Å²) in [6, 6.07) is 10.4. The maximum Gasteiger partial charge on any atom is 0.138 e. The van der Waals surface area contributed by atoms with Crippen LogP contribution >= 0.6 is 0 Å². The van der Waals surface area contributed by atoms with Crippen LogP contribution in [0.3, 0.4) is 0 Å². The largest absolute Gasteiger partial charge is 0.491 e. The molecule has 1 saturated heterocycles. The third-order valence-electron chi connectivity index (χ3n) is 6.75. The number of H-pyrrole nitrogens is 1. The van der Waals surface area contributed by atoms with E-state index in [1.54, 1.807) is 18.6 Å². The molecule has 0 bridgehead atoms. The molecule has 1 aliphatic heterocycles. The topological polar surface area (TPSA) is 89.9 Å². The molecule has 0 amide bonds. The highest BCUT2D eigenvalue weighted by molar-refractivity contribution is 5.90. The van der Waals surface area contributed by atoms with Crippen molar-refractivity contribution in [3.8, 4) is 11.8 Å². The highest BCUT2D eigenvalue weighted by Gasteiger charge is 2.14. The SMILES string of the molecule is Cc1ncc(C#N)c(Nc2ccc3[nH]ccc3c2C)c1C=Cc1cncc(OCCN2CCCC2)c1. The van der Waals surface area contributed by atoms with Gasteiger partial charge in [-0.1, -0.05) is 12.2 Å². The van der Waals surface area contributed by atoms with Gasteiger partial charge in [-0.2, -0.15) is 5.26 Å². The second-order valence-electron chi connectivity index (χ2n) is 9.14. The fourth-order valence-corrected chi connectivity index (χ4v) is 4.68. The van der Waals surface area contributed by atoms with Gasteiger partial charge in [0.25, 0.3) is 0 Å². The minimum atomic E-state index is 0.492. The molecule has 0 aliphatic carbocycles. The number of benzene rings is 1. The predicted molar refractivity (Wildman–Crippen MR) is 144 cm³/mol. The van der Waals surface area contributed by atoms with E-state index in [4.69, 9.17) is 4.74 Å². The van der Waals surface area contributed by atoms with Gasteiger partial charge in [0.1, 0.15) is 18.4 Å². The Hall–Kier alpha value is -4.15. The second kappa shape index (κ2) is 10.6. The zero-order valence-electron chi connectivity index (χ0n) is 20.7. The van der Waals surface area contributed by atoms with Crippen LogP contribution in [0.5, 0.6) is 5.75 Å². The Balaban J connectivity index is 1.39. The first-order valence-electron chi connectivity index (χ1n) is 12.3. The first-order chi connectivity index (χ1) is 17.6. The molecule has 5 rings (SSSR count). The van der Waals surface area contributed by atoms with E-state index in [2.05, 4.69) is 44.2 Å². The molecule has 4 aromatic rings. The Bertz CT molecular complexity index is 1440. The van der Waals surface area contributed by atoms with E-state index in [0.717, 1.165) is 70.0 Å². The number of rotatable bonds is 8. The summed E-state index contributed by atoms with van der Waals surface area (Å²) >= 11 is 0. The smallest absolute Gasteiger partial charge is 0.138 e. The third-order valence-corrected chi connectivity index (χ3v) is 6.75. The number of likely N-dealkylation sites (tertiary alicyclic amines) is 1. The van der Waals surface area contributed by atoms with Crippen LogP contribution < -0.4 is 10.1 Å². The first kappa shape index (κ1) is 23.6. The normalized spacial score (nSPS) is 13.9. The van der Waals surface area contributed by atoms with Crippen LogP contribution in [-0.2, 0) is 0 Å². The summed E-state index contributed by atoms with van der Waals surface area (Å²) in [6.07, 6.45) is 13.6. The van der Waals surface area contributed by atoms with E-state index < -0.39 is 0 Å². The molecular formula is C29H30N6O. The van der Waals surface area contributed by atoms with E-state index in [0.29, 0.717) is 12.2 Å². The minimum absolute atomic E-state index is 0.492. The number of hydrogen-bond acceptors (Lipinski definition) is 6. The number of hydrogen-bond donors (Lipinski definition) is 2. The van der Waals surface area contributed by atoms with Gasteiger partial charge in [-0.15, -0.1) is 0 Å². The molecule has 7 nitrogen and oxygen atoms in total. The number of aromatic nitrogens is 3. The van der Waals surface area contributed by atoms with Crippen molar-refractivity contribution in [1.29, 1.82) is 5.26 Å². The van der Waals surface area contributed by atoms with Gasteiger partial charge in [-0.05, 0) is 75.2 Å². The van der Waals surface area contributed by atoms with Gasteiger partial charge in [0, 0.05) is 53.0 Å². The van der Waals surface area contributed by atoms with E-state index >= 15 is 0 Å². The average Bonchev–Trinajstić information content (AvgIpc) is 3.58. The molecule has 0 spiro atoms. The van der Waals surface area contributed by atoms with Crippen LogP contribution in [0.1, 0.15) is 40.8 Å². The number of fused-ring (bicyclic) bond motifs is 1. The van der Waals surface area contributed by atoms with Gasteiger partial charge in [0.2, 0.25) is 0 Å². The van der Waals surface area contributed by atoms with Gasteiger partial charge in [-0.3, -0.25) is 14.9 Å². The van der Waals surface area contributed by atoms with Gasteiger partial charge < -0.3 is 15.0 Å². The maximum atomic E-state index is 9.81. The molecule has 4 heterocycles. The van der Waals surface area contributed by atoms with Crippen LogP contribution in [0.15, 0.2) is 49.1 Å². The first-order valence-corrected chi connectivity index (χ1v) is 12.3. The Morgan fingerprint density at radius 1 is 1.14 bits per heavy atom. The van der Waals surface area contributed by atoms with Crippen molar-refractivity contribution in [3.05, 3.63) is 77.0 Å². The molecule has 7 heteroatoms. The van der Waals surface area contributed by atoms with Crippen molar-refractivity contribution >= 4 is 34.4 Å². The van der Waals surface area contributed by atoms with Gasteiger partial charge in [0.15, 0.2) is 0 Å². The van der Waals surface area contributed by atoms with Crippen molar-refractivity contribution in [1.82, 2.24) is 19.9 Å². The van der Waals surface area contributed by atoms with Crippen LogP contribution in [0, 0.1) is 25.2 Å². The van der Waals surface area contributed by atoms with Gasteiger partial charge >= 0.3 is 0 Å². The maximum absolute atomic E-state index is 9.81. The van der Waals surface area contributed by atoms with E-state index in [-0.39, 0.29) is 0 Å². The molecule has 3 aromatic heterocycles. The predicted octanol–water partition coefficient (Wildman–Crippen LogP) is 5.84. The van der Waals surface area contributed by atoms with Crippen molar-refractivity contribution in [2.24, 2.45) is 0 Å². The molecule has 1 fully saturated rings. The van der Waals surface area contributed by atoms with E-state index in [1.165, 1.54) is 12.8 Å². The highest BCUT2D eigenvalue weighted by atomic mass is 16.5. The molecule has 36 heavy (non-hydrogen) atoms. The van der Waals surface area contributed by atoms with Crippen molar-refractivity contribution in [3.63, 3.8) is 0 Å². The standard InChI is InChI=1S/C29H30N6O/c1-20-25-9-10-32-28(25)8-7-27(20)34-29-23(16-30)18-33-21(2)26(29)6-5-22-15-24(19-31-17-22)36-14-13-35-11-3-4-12-35/h5-10,15,17-19,32H,3-4,11-14H2,1-2H3,(H,33,34). The van der Waals surface area contributed by atoms with Crippen LogP contribution in [-0.4, -0.2) is 46.1 Å². The Kier molecular flexibility index (Phi) is 6.96. The number of aryl methyl sites for hydroxylation is 2. The number of pyridine rings is 2.